The van der Waals surface area contributed by atoms with Crippen molar-refractivity contribution in [2.24, 2.45) is 5.92 Å². The zero-order valence-electron chi connectivity index (χ0n) is 4.33. The quantitative estimate of drug-likeness (QED) is 0.400. The smallest absolute Gasteiger partial charge is 0.102 e. The molecule has 0 aliphatic heterocycles. The Kier molecular flexibility index (Phi) is 2.65. The van der Waals surface area contributed by atoms with E-state index in [9.17, 15) is 0 Å². The summed E-state index contributed by atoms with van der Waals surface area (Å²) in [6.45, 7) is 3.88. The van der Waals surface area contributed by atoms with Crippen molar-refractivity contribution in [1.82, 2.24) is 0 Å². The summed E-state index contributed by atoms with van der Waals surface area (Å²) in [5.41, 5.74) is 0. The van der Waals surface area contributed by atoms with Gasteiger partial charge in [-0.3, -0.25) is 0 Å². The van der Waals surface area contributed by atoms with E-state index >= 15 is 0 Å². The van der Waals surface area contributed by atoms with Crippen LogP contribution in [0.5, 0.6) is 0 Å². The van der Waals surface area contributed by atoms with Crippen LogP contribution in [0.15, 0.2) is 0 Å². The minimum Gasteiger partial charge on any atom is -0.106 e. The molecule has 0 rings (SSSR count). The molecule has 3 radical (unpaired) electrons. The fourth-order valence-electron chi connectivity index (χ4n) is 0. The minimum atomic E-state index is -0.750. The fraction of sp³-hybridized carbons (Fsp3) is 1.00. The summed E-state index contributed by atoms with van der Waals surface area (Å²) in [6, 6.07) is 0. The van der Waals surface area contributed by atoms with Gasteiger partial charge >= 0.3 is 0 Å². The first-order valence-corrected chi connectivity index (χ1v) is 3.33. The molecule has 0 spiro atoms. The predicted octanol–water partition coefficient (Wildman–Crippen LogP) is 1.94. The van der Waals surface area contributed by atoms with Gasteiger partial charge in [-0.05, 0) is 5.92 Å². The maximum absolute atomic E-state index is 5.55. The van der Waals surface area contributed by atoms with Gasteiger partial charge < -0.3 is 0 Å². The molecule has 41 valence electrons. The molecule has 0 aliphatic carbocycles. The van der Waals surface area contributed by atoms with Gasteiger partial charge in [0.1, 0.15) is 3.96 Å². The van der Waals surface area contributed by atoms with Gasteiger partial charge in [-0.25, -0.2) is 0 Å². The van der Waals surface area contributed by atoms with E-state index in [1.165, 1.54) is 0 Å². The first kappa shape index (κ1) is 7.80. The van der Waals surface area contributed by atoms with Crippen LogP contribution < -0.4 is 0 Å². The lowest BCUT2D eigenvalue weighted by atomic mass is 10.3. The molecule has 0 aromatic rings. The molecule has 0 fully saturated rings. The number of alkyl halides is 2. The molecule has 0 saturated carbocycles. The Labute approximate surface area is 57.6 Å². The van der Waals surface area contributed by atoms with Gasteiger partial charge in [-0.15, -0.1) is 23.2 Å². The molecule has 0 heterocycles. The average molecular weight is 154 g/mol. The monoisotopic (exact) mass is 153 g/mol. The molecule has 3 heteroatoms. The predicted molar refractivity (Wildman–Crippen MR) is 35.0 cm³/mol. The van der Waals surface area contributed by atoms with Gasteiger partial charge in [0.15, 0.2) is 0 Å². The lowest BCUT2D eigenvalue weighted by molar-refractivity contribution is 0.669. The molecule has 0 unspecified atom stereocenters. The van der Waals surface area contributed by atoms with Crippen LogP contribution in [-0.4, -0.2) is 14.2 Å². The largest absolute Gasteiger partial charge is 0.106 e. The third kappa shape index (κ3) is 3.39. The number of hydrogen-bond donors (Lipinski definition) is 0. The van der Waals surface area contributed by atoms with Crippen LogP contribution in [0.4, 0.5) is 0 Å². The Morgan fingerprint density at radius 2 is 1.57 bits per heavy atom. The second kappa shape index (κ2) is 2.38. The van der Waals surface area contributed by atoms with Gasteiger partial charge in [0.05, 0.1) is 10.2 Å². The molecule has 0 aromatic heterocycles. The molecule has 0 nitrogen and oxygen atoms in total. The summed E-state index contributed by atoms with van der Waals surface area (Å²) in [7, 11) is 3.12. The van der Waals surface area contributed by atoms with Crippen LogP contribution >= 0.6 is 23.2 Å². The summed E-state index contributed by atoms with van der Waals surface area (Å²) < 4.78 is -0.750. The van der Waals surface area contributed by atoms with Gasteiger partial charge in [0.2, 0.25) is 0 Å². The van der Waals surface area contributed by atoms with E-state index < -0.39 is 3.96 Å². The molecular formula is C4H7Cl2Si. The molecule has 0 N–H and O–H groups in total. The van der Waals surface area contributed by atoms with Crippen LogP contribution in [0.3, 0.4) is 0 Å². The van der Waals surface area contributed by atoms with Crippen LogP contribution in [0.2, 0.25) is 0 Å². The molecule has 0 aromatic carbocycles. The standard InChI is InChI=1S/C4H7Cl2Si/c1-3(2)4(5,6)7/h3H,1-2H3. The average Bonchev–Trinajstić information content (AvgIpc) is 1.31. The van der Waals surface area contributed by atoms with E-state index in [1.54, 1.807) is 0 Å². The molecule has 7 heavy (non-hydrogen) atoms. The highest BCUT2D eigenvalue weighted by Crippen LogP contribution is 2.24. The Balaban J connectivity index is 3.54. The van der Waals surface area contributed by atoms with Crippen molar-refractivity contribution < 1.29 is 0 Å². The first-order valence-electron chi connectivity index (χ1n) is 2.07. The van der Waals surface area contributed by atoms with E-state index in [0.717, 1.165) is 0 Å². The van der Waals surface area contributed by atoms with E-state index in [0.29, 0.717) is 0 Å². The number of halogens is 2. The fourth-order valence-corrected chi connectivity index (χ4v) is 0. The lowest BCUT2D eigenvalue weighted by Crippen LogP contribution is -2.19. The Morgan fingerprint density at radius 3 is 1.57 bits per heavy atom. The molecular weight excluding hydrogens is 147 g/mol. The molecule has 0 atom stereocenters. The normalized spacial score (nSPS) is 12.9. The van der Waals surface area contributed by atoms with Crippen molar-refractivity contribution in [2.75, 3.05) is 0 Å². The van der Waals surface area contributed by atoms with E-state index in [4.69, 9.17) is 23.2 Å². The van der Waals surface area contributed by atoms with E-state index in [2.05, 4.69) is 10.2 Å². The SMILES string of the molecule is CC(C)C([Si])(Cl)Cl. The molecule has 0 saturated heterocycles. The lowest BCUT2D eigenvalue weighted by Gasteiger charge is -2.16. The first-order chi connectivity index (χ1) is 2.94. The van der Waals surface area contributed by atoms with Crippen molar-refractivity contribution in [3.05, 3.63) is 0 Å². The van der Waals surface area contributed by atoms with Gasteiger partial charge in [0.25, 0.3) is 0 Å². The maximum Gasteiger partial charge on any atom is 0.102 e. The van der Waals surface area contributed by atoms with Crippen LogP contribution in [-0.2, 0) is 0 Å². The second-order valence-electron chi connectivity index (χ2n) is 1.78. The molecule has 0 bridgehead atoms. The van der Waals surface area contributed by atoms with Gasteiger partial charge in [0, 0.05) is 0 Å². The number of hydrogen-bond acceptors (Lipinski definition) is 0. The highest BCUT2D eigenvalue weighted by molar-refractivity contribution is 6.65. The topological polar surface area (TPSA) is 0 Å². The van der Waals surface area contributed by atoms with Crippen molar-refractivity contribution in [3.8, 4) is 0 Å². The van der Waals surface area contributed by atoms with E-state index in [1.807, 2.05) is 13.8 Å². The third-order valence-corrected chi connectivity index (χ3v) is 2.18. The van der Waals surface area contributed by atoms with Gasteiger partial charge in [-0.2, -0.15) is 0 Å². The third-order valence-electron chi connectivity index (χ3n) is 0.725. The van der Waals surface area contributed by atoms with E-state index in [-0.39, 0.29) is 5.92 Å². The van der Waals surface area contributed by atoms with Crippen molar-refractivity contribution >= 4 is 33.4 Å². The summed E-state index contributed by atoms with van der Waals surface area (Å²) in [6.07, 6.45) is 0. The Morgan fingerprint density at radius 1 is 1.43 bits per heavy atom. The Bertz CT molecular complexity index is 55.2. The zero-order chi connectivity index (χ0) is 6.08. The van der Waals surface area contributed by atoms with Crippen LogP contribution in [0.1, 0.15) is 13.8 Å². The molecule has 0 amide bonds. The highest BCUT2D eigenvalue weighted by atomic mass is 35.5. The maximum atomic E-state index is 5.55. The zero-order valence-corrected chi connectivity index (χ0v) is 6.85. The summed E-state index contributed by atoms with van der Waals surface area (Å²) in [4.78, 5) is 0. The summed E-state index contributed by atoms with van der Waals surface area (Å²) in [5.74, 6) is 0.243. The van der Waals surface area contributed by atoms with Gasteiger partial charge in [-0.1, -0.05) is 13.8 Å². The Hall–Kier alpha value is 0.797. The molecule has 0 aliphatic rings. The second-order valence-corrected chi connectivity index (χ2v) is 4.59. The van der Waals surface area contributed by atoms with Crippen LogP contribution in [0.25, 0.3) is 0 Å². The van der Waals surface area contributed by atoms with Crippen LogP contribution in [0, 0.1) is 5.92 Å². The van der Waals surface area contributed by atoms with Crippen molar-refractivity contribution in [2.45, 2.75) is 17.8 Å². The summed E-state index contributed by atoms with van der Waals surface area (Å²) in [5, 5.41) is 0. The highest BCUT2D eigenvalue weighted by Gasteiger charge is 2.20. The van der Waals surface area contributed by atoms with Crippen molar-refractivity contribution in [1.29, 1.82) is 0 Å². The van der Waals surface area contributed by atoms with Crippen molar-refractivity contribution in [3.63, 3.8) is 0 Å². The number of rotatable bonds is 1. The summed E-state index contributed by atoms with van der Waals surface area (Å²) >= 11 is 11.1. The minimum absolute atomic E-state index is 0.243.